The third-order valence-electron chi connectivity index (χ3n) is 7.73. The molecule has 6 nitrogen and oxygen atoms in total. The second kappa shape index (κ2) is 11.7. The molecule has 0 spiro atoms. The molecular formula is C29H37FN4O2. The molecule has 1 fully saturated rings. The number of H-pyrrole nitrogens is 1. The van der Waals surface area contributed by atoms with Crippen molar-refractivity contribution in [3.63, 3.8) is 0 Å². The van der Waals surface area contributed by atoms with E-state index in [-0.39, 0.29) is 5.82 Å². The summed E-state index contributed by atoms with van der Waals surface area (Å²) in [6.45, 7) is 5.17. The molecule has 0 radical (unpaired) electrons. The topological polar surface area (TPSA) is 74.2 Å². The van der Waals surface area contributed by atoms with Crippen molar-refractivity contribution >= 4 is 10.9 Å². The Labute approximate surface area is 213 Å². The lowest BCUT2D eigenvalue weighted by molar-refractivity contribution is 0.203. The summed E-state index contributed by atoms with van der Waals surface area (Å²) in [5, 5.41) is 18.9. The first-order chi connectivity index (χ1) is 17.5. The van der Waals surface area contributed by atoms with Gasteiger partial charge in [0.1, 0.15) is 5.82 Å². The van der Waals surface area contributed by atoms with Crippen molar-refractivity contribution in [3.8, 4) is 17.6 Å². The number of nitriles is 1. The van der Waals surface area contributed by atoms with Gasteiger partial charge in [-0.1, -0.05) is 25.8 Å². The highest BCUT2D eigenvalue weighted by atomic mass is 19.1. The summed E-state index contributed by atoms with van der Waals surface area (Å²) >= 11 is 0. The van der Waals surface area contributed by atoms with E-state index in [0.717, 1.165) is 81.2 Å². The molecule has 2 aromatic carbocycles. The van der Waals surface area contributed by atoms with Crippen molar-refractivity contribution in [3.05, 3.63) is 53.5 Å². The molecule has 1 saturated heterocycles. The molecule has 1 aromatic heterocycles. The molecule has 1 aliphatic heterocycles. The molecule has 1 unspecified atom stereocenters. The fourth-order valence-corrected chi connectivity index (χ4v) is 5.57. The highest BCUT2D eigenvalue weighted by Crippen LogP contribution is 2.39. The molecule has 2 heterocycles. The molecule has 1 atom stereocenters. The van der Waals surface area contributed by atoms with Gasteiger partial charge in [0.15, 0.2) is 11.5 Å². The molecule has 192 valence electrons. The zero-order valence-corrected chi connectivity index (χ0v) is 21.6. The fraction of sp³-hybridized carbons (Fsp3) is 0.517. The summed E-state index contributed by atoms with van der Waals surface area (Å²) in [4.78, 5) is 2.51. The molecule has 4 rings (SSSR count). The molecule has 0 amide bonds. The summed E-state index contributed by atoms with van der Waals surface area (Å²) in [6.07, 6.45) is 6.77. The van der Waals surface area contributed by atoms with Crippen LogP contribution < -0.4 is 9.47 Å². The number of aromatic amines is 1. The molecule has 1 aliphatic rings. The van der Waals surface area contributed by atoms with Crippen LogP contribution in [0.4, 0.5) is 4.39 Å². The number of rotatable bonds is 11. The van der Waals surface area contributed by atoms with Gasteiger partial charge in [-0.15, -0.1) is 0 Å². The van der Waals surface area contributed by atoms with E-state index >= 15 is 0 Å². The lowest BCUT2D eigenvalue weighted by Crippen LogP contribution is -2.35. The Morgan fingerprint density at radius 2 is 1.83 bits per heavy atom. The normalized spacial score (nSPS) is 16.5. The van der Waals surface area contributed by atoms with E-state index < -0.39 is 5.41 Å². The summed E-state index contributed by atoms with van der Waals surface area (Å²) < 4.78 is 24.5. The van der Waals surface area contributed by atoms with Crippen molar-refractivity contribution in [2.75, 3.05) is 33.9 Å². The summed E-state index contributed by atoms with van der Waals surface area (Å²) in [5.41, 5.74) is 2.30. The van der Waals surface area contributed by atoms with Crippen molar-refractivity contribution in [1.29, 1.82) is 5.26 Å². The van der Waals surface area contributed by atoms with Gasteiger partial charge in [0.2, 0.25) is 0 Å². The Kier molecular flexibility index (Phi) is 8.48. The highest BCUT2D eigenvalue weighted by Gasteiger charge is 2.33. The van der Waals surface area contributed by atoms with Crippen molar-refractivity contribution < 1.29 is 13.9 Å². The van der Waals surface area contributed by atoms with Gasteiger partial charge in [-0.2, -0.15) is 10.4 Å². The van der Waals surface area contributed by atoms with Gasteiger partial charge in [-0.05, 0) is 81.6 Å². The fourth-order valence-electron chi connectivity index (χ4n) is 5.57. The maximum Gasteiger partial charge on any atom is 0.161 e. The van der Waals surface area contributed by atoms with E-state index in [1.165, 1.54) is 12.1 Å². The predicted molar refractivity (Wildman–Crippen MR) is 140 cm³/mol. The largest absolute Gasteiger partial charge is 0.493 e. The number of fused-ring (bicyclic) bond motifs is 1. The van der Waals surface area contributed by atoms with E-state index in [0.29, 0.717) is 22.9 Å². The minimum absolute atomic E-state index is 0.254. The van der Waals surface area contributed by atoms with E-state index in [1.807, 2.05) is 24.3 Å². The highest BCUT2D eigenvalue weighted by molar-refractivity contribution is 5.81. The maximum absolute atomic E-state index is 13.5. The Bertz CT molecular complexity index is 1200. The minimum atomic E-state index is -0.530. The predicted octanol–water partition coefficient (Wildman–Crippen LogP) is 6.33. The van der Waals surface area contributed by atoms with Gasteiger partial charge in [-0.25, -0.2) is 4.39 Å². The number of methoxy groups -OCH3 is 2. The number of ether oxygens (including phenoxy) is 2. The standard InChI is InChI=1S/C29H37FN4O2/c1-4-5-13-29(20-31,22-7-10-26(35-2)27(18-22)36-3)14-6-15-34-16-11-21(12-17-34)28-24-9-8-23(30)19-25(24)32-33-28/h7-10,18-19,21H,4-6,11-17H2,1-3H3,(H,32,33). The number of hydrogen-bond acceptors (Lipinski definition) is 5. The number of nitrogens with one attached hydrogen (secondary N) is 1. The molecule has 7 heteroatoms. The van der Waals surface area contributed by atoms with Crippen LogP contribution in [-0.2, 0) is 5.41 Å². The second-order valence-electron chi connectivity index (χ2n) is 9.89. The number of nitrogens with zero attached hydrogens (tertiary/aromatic N) is 3. The van der Waals surface area contributed by atoms with Gasteiger partial charge >= 0.3 is 0 Å². The van der Waals surface area contributed by atoms with Crippen LogP contribution in [0.2, 0.25) is 0 Å². The number of likely N-dealkylation sites (tertiary alicyclic amines) is 1. The lowest BCUT2D eigenvalue weighted by atomic mass is 9.74. The zero-order valence-electron chi connectivity index (χ0n) is 21.6. The van der Waals surface area contributed by atoms with Crippen LogP contribution in [0.3, 0.4) is 0 Å². The van der Waals surface area contributed by atoms with Gasteiger partial charge in [-0.3, -0.25) is 5.10 Å². The van der Waals surface area contributed by atoms with Crippen molar-refractivity contribution in [1.82, 2.24) is 15.1 Å². The average molecular weight is 493 g/mol. The van der Waals surface area contributed by atoms with Crippen LogP contribution in [0.25, 0.3) is 10.9 Å². The number of aromatic nitrogens is 2. The second-order valence-corrected chi connectivity index (χ2v) is 9.89. The molecule has 0 saturated carbocycles. The first kappa shape index (κ1) is 26.0. The molecule has 1 N–H and O–H groups in total. The number of halogens is 1. The summed E-state index contributed by atoms with van der Waals surface area (Å²) in [6, 6.07) is 13.4. The Hall–Kier alpha value is -3.11. The van der Waals surface area contributed by atoms with Crippen LogP contribution in [0.5, 0.6) is 11.5 Å². The molecular weight excluding hydrogens is 455 g/mol. The average Bonchev–Trinajstić information content (AvgIpc) is 3.33. The van der Waals surface area contributed by atoms with E-state index in [1.54, 1.807) is 14.2 Å². The quantitative estimate of drug-likeness (QED) is 0.339. The first-order valence-electron chi connectivity index (χ1n) is 13.0. The summed E-state index contributed by atoms with van der Waals surface area (Å²) in [5.74, 6) is 1.51. The van der Waals surface area contributed by atoms with Crippen LogP contribution in [-0.4, -0.2) is 49.0 Å². The van der Waals surface area contributed by atoms with E-state index in [2.05, 4.69) is 28.1 Å². The van der Waals surface area contributed by atoms with Crippen molar-refractivity contribution in [2.45, 2.75) is 63.2 Å². The van der Waals surface area contributed by atoms with Crippen molar-refractivity contribution in [2.24, 2.45) is 0 Å². The number of benzene rings is 2. The first-order valence-corrected chi connectivity index (χ1v) is 13.0. The Morgan fingerprint density at radius 1 is 1.08 bits per heavy atom. The number of unbranched alkanes of at least 4 members (excludes halogenated alkanes) is 1. The van der Waals surface area contributed by atoms with Crippen LogP contribution >= 0.6 is 0 Å². The van der Waals surface area contributed by atoms with Crippen LogP contribution in [0.15, 0.2) is 36.4 Å². The Balaban J connectivity index is 1.38. The molecule has 36 heavy (non-hydrogen) atoms. The SMILES string of the molecule is CCCCC(C#N)(CCCN1CCC(c2[nH]nc3cc(F)ccc23)CC1)c1ccc(OC)c(OC)c1. The minimum Gasteiger partial charge on any atom is -0.493 e. The van der Waals surface area contributed by atoms with Gasteiger partial charge < -0.3 is 14.4 Å². The third-order valence-corrected chi connectivity index (χ3v) is 7.73. The van der Waals surface area contributed by atoms with Gasteiger partial charge in [0, 0.05) is 23.1 Å². The molecule has 3 aromatic rings. The third kappa shape index (κ3) is 5.49. The maximum atomic E-state index is 13.5. The zero-order chi connectivity index (χ0) is 25.5. The number of piperidine rings is 1. The van der Waals surface area contributed by atoms with Crippen LogP contribution in [0, 0.1) is 17.1 Å². The van der Waals surface area contributed by atoms with Crippen LogP contribution in [0.1, 0.15) is 69.0 Å². The lowest BCUT2D eigenvalue weighted by Gasteiger charge is -2.33. The molecule has 0 aliphatic carbocycles. The van der Waals surface area contributed by atoms with E-state index in [4.69, 9.17) is 9.47 Å². The monoisotopic (exact) mass is 492 g/mol. The van der Waals surface area contributed by atoms with E-state index in [9.17, 15) is 9.65 Å². The molecule has 0 bridgehead atoms. The number of hydrogen-bond donors (Lipinski definition) is 1. The van der Waals surface area contributed by atoms with Gasteiger partial charge in [0.25, 0.3) is 0 Å². The van der Waals surface area contributed by atoms with Gasteiger partial charge in [0.05, 0.1) is 31.2 Å². The Morgan fingerprint density at radius 3 is 2.53 bits per heavy atom. The smallest absolute Gasteiger partial charge is 0.161 e. The summed E-state index contributed by atoms with van der Waals surface area (Å²) in [7, 11) is 3.26.